The number of hydrazine groups is 2. The topological polar surface area (TPSA) is 104 Å². The van der Waals surface area contributed by atoms with Crippen LogP contribution in [0.2, 0.25) is 0 Å². The summed E-state index contributed by atoms with van der Waals surface area (Å²) in [6, 6.07) is 0.0336. The average Bonchev–Trinajstić information content (AvgIpc) is 2.65. The van der Waals surface area contributed by atoms with Crippen LogP contribution in [0.5, 0.6) is 5.75 Å². The lowest BCUT2D eigenvalue weighted by Crippen LogP contribution is -2.62. The number of nitrogens with zero attached hydrogens (tertiary/aromatic N) is 2. The summed E-state index contributed by atoms with van der Waals surface area (Å²) in [5, 5.41) is 20.1. The SMILES string of the molecule is CC(ONN(O)N1CC(O)C1)OC(=O)C1=Cc2cc(S(F)(F)(F)(F)F)ccc2O[C@@H]1C(F)(F)F. The molecule has 1 aromatic carbocycles. The first-order valence-corrected chi connectivity index (χ1v) is 11.1. The number of hydrogen-bond donors (Lipinski definition) is 3. The van der Waals surface area contributed by atoms with Crippen LogP contribution in [-0.2, 0) is 14.4 Å². The van der Waals surface area contributed by atoms with Gasteiger partial charge in [-0.2, -0.15) is 18.2 Å². The van der Waals surface area contributed by atoms with Crippen molar-refractivity contribution in [2.45, 2.75) is 36.5 Å². The number of β-amino-alcohol motifs (C(OH)–C–C–N with tert-alkyl or cyclic N) is 1. The predicted molar refractivity (Wildman–Crippen MR) is 97.3 cm³/mol. The van der Waals surface area contributed by atoms with E-state index in [4.69, 9.17) is 9.94 Å². The van der Waals surface area contributed by atoms with Gasteiger partial charge in [-0.3, -0.25) is 5.21 Å². The first-order chi connectivity index (χ1) is 15.2. The summed E-state index contributed by atoms with van der Waals surface area (Å²) < 4.78 is 115. The number of carbonyl (C=O) groups excluding carboxylic acids is 1. The molecule has 3 rings (SSSR count). The third-order valence-corrected chi connectivity index (χ3v) is 5.63. The lowest BCUT2D eigenvalue weighted by atomic mass is 10.0. The monoisotopic (exact) mass is 531 g/mol. The van der Waals surface area contributed by atoms with E-state index in [9.17, 15) is 42.6 Å². The van der Waals surface area contributed by atoms with Crippen molar-refractivity contribution in [1.82, 2.24) is 15.9 Å². The Morgan fingerprint density at radius 3 is 2.41 bits per heavy atom. The lowest BCUT2D eigenvalue weighted by molar-refractivity contribution is -0.387. The molecule has 194 valence electrons. The van der Waals surface area contributed by atoms with E-state index in [2.05, 4.69) is 9.47 Å². The summed E-state index contributed by atoms with van der Waals surface area (Å²) in [6.45, 7) is 1.04. The number of halogens is 8. The fourth-order valence-corrected chi connectivity index (χ4v) is 3.51. The normalized spacial score (nSPS) is 22.6. The number of fused-ring (bicyclic) bond motifs is 1. The second kappa shape index (κ2) is 7.90. The van der Waals surface area contributed by atoms with E-state index in [-0.39, 0.29) is 36.6 Å². The Morgan fingerprint density at radius 2 is 1.88 bits per heavy atom. The molecule has 18 heteroatoms. The van der Waals surface area contributed by atoms with Gasteiger partial charge in [0.2, 0.25) is 12.4 Å². The van der Waals surface area contributed by atoms with E-state index in [1.165, 1.54) is 0 Å². The summed E-state index contributed by atoms with van der Waals surface area (Å²) in [5.41, 5.74) is -0.339. The summed E-state index contributed by atoms with van der Waals surface area (Å²) in [4.78, 5) is 14.6. The molecule has 1 unspecified atom stereocenters. The number of esters is 1. The Hall–Kier alpha value is -2.22. The molecule has 0 saturated carbocycles. The molecule has 9 nitrogen and oxygen atoms in total. The molecule has 1 fully saturated rings. The summed E-state index contributed by atoms with van der Waals surface area (Å²) in [7, 11) is -10.2. The summed E-state index contributed by atoms with van der Waals surface area (Å²) >= 11 is 0. The predicted octanol–water partition coefficient (Wildman–Crippen LogP) is 3.66. The number of benzene rings is 1. The van der Waals surface area contributed by atoms with Crippen LogP contribution in [0.1, 0.15) is 12.5 Å². The molecule has 0 amide bonds. The minimum absolute atomic E-state index is 0.0128. The van der Waals surface area contributed by atoms with Crippen LogP contribution < -0.4 is 10.3 Å². The van der Waals surface area contributed by atoms with Gasteiger partial charge in [-0.25, -0.2) is 9.63 Å². The number of aliphatic hydroxyl groups is 1. The van der Waals surface area contributed by atoms with E-state index in [0.717, 1.165) is 11.9 Å². The van der Waals surface area contributed by atoms with Gasteiger partial charge in [-0.05, 0) is 36.5 Å². The maximum Gasteiger partial charge on any atom is 0.430 e. The first-order valence-electron chi connectivity index (χ1n) is 9.12. The van der Waals surface area contributed by atoms with Crippen molar-refractivity contribution < 1.29 is 62.0 Å². The van der Waals surface area contributed by atoms with Crippen molar-refractivity contribution in [3.63, 3.8) is 0 Å². The van der Waals surface area contributed by atoms with E-state index in [1.54, 1.807) is 0 Å². The summed E-state index contributed by atoms with van der Waals surface area (Å²) in [5.74, 6) is -2.56. The average molecular weight is 531 g/mol. The van der Waals surface area contributed by atoms with Gasteiger partial charge in [-0.15, -0.1) is 0 Å². The maximum absolute atomic E-state index is 13.4. The minimum atomic E-state index is -10.2. The van der Waals surface area contributed by atoms with Gasteiger partial charge in [0.1, 0.15) is 10.6 Å². The van der Waals surface area contributed by atoms with Crippen LogP contribution >= 0.6 is 10.2 Å². The maximum atomic E-state index is 13.4. The molecule has 34 heavy (non-hydrogen) atoms. The summed E-state index contributed by atoms with van der Waals surface area (Å²) in [6.07, 6.45) is -10.3. The largest absolute Gasteiger partial charge is 0.475 e. The molecule has 0 bridgehead atoms. The Bertz CT molecular complexity index is 1000. The number of ether oxygens (including phenoxy) is 2. The van der Waals surface area contributed by atoms with Gasteiger partial charge in [0.15, 0.2) is 0 Å². The van der Waals surface area contributed by atoms with Crippen molar-refractivity contribution >= 4 is 22.3 Å². The minimum Gasteiger partial charge on any atom is -0.475 e. The first kappa shape index (κ1) is 26.4. The van der Waals surface area contributed by atoms with E-state index >= 15 is 0 Å². The zero-order valence-corrected chi connectivity index (χ0v) is 17.6. The number of hydrogen-bond acceptors (Lipinski definition) is 9. The standard InChI is InChI=1S/C16H17F8N3O6S/c1-8(33-25-27(30)26-6-10(28)7-26)31-15(29)12-5-9-4-11(34(20,21,22,23)24)2-3-13(9)32-14(12)16(17,18)19/h2-5,8,10,14,25,28,30H,6-7H2,1H3/t8?,14-/m0/s1. The highest BCUT2D eigenvalue weighted by Crippen LogP contribution is 3.02. The second-order valence-corrected chi connectivity index (χ2v) is 9.71. The highest BCUT2D eigenvalue weighted by Gasteiger charge is 2.65. The fourth-order valence-electron chi connectivity index (χ4n) is 2.84. The lowest BCUT2D eigenvalue weighted by Gasteiger charge is -2.41. The van der Waals surface area contributed by atoms with E-state index < -0.39 is 62.6 Å². The van der Waals surface area contributed by atoms with Crippen molar-refractivity contribution in [1.29, 1.82) is 0 Å². The molecular formula is C16H17F8N3O6S. The van der Waals surface area contributed by atoms with Crippen molar-refractivity contribution in [2.75, 3.05) is 13.1 Å². The number of aliphatic hydroxyl groups excluding tert-OH is 1. The van der Waals surface area contributed by atoms with Crippen molar-refractivity contribution in [3.8, 4) is 5.75 Å². The number of carbonyl (C=O) groups is 1. The third-order valence-electron chi connectivity index (χ3n) is 4.48. The van der Waals surface area contributed by atoms with Gasteiger partial charge in [0, 0.05) is 18.7 Å². The van der Waals surface area contributed by atoms with Crippen LogP contribution in [0.15, 0.2) is 28.7 Å². The Morgan fingerprint density at radius 1 is 1.26 bits per heavy atom. The highest BCUT2D eigenvalue weighted by atomic mass is 32.5. The van der Waals surface area contributed by atoms with Gasteiger partial charge in [-0.1, -0.05) is 25.0 Å². The molecule has 2 aliphatic heterocycles. The molecule has 1 aromatic rings. The number of nitrogens with one attached hydrogen (secondary N) is 1. The van der Waals surface area contributed by atoms with Crippen LogP contribution in [0, 0.1) is 0 Å². The van der Waals surface area contributed by atoms with Crippen LogP contribution in [0.3, 0.4) is 0 Å². The molecule has 2 atom stereocenters. The Kier molecular flexibility index (Phi) is 6.13. The molecule has 0 aliphatic carbocycles. The molecule has 0 spiro atoms. The molecule has 2 aliphatic rings. The van der Waals surface area contributed by atoms with Gasteiger partial charge >= 0.3 is 22.4 Å². The number of rotatable bonds is 7. The van der Waals surface area contributed by atoms with Crippen LogP contribution in [0.4, 0.5) is 32.6 Å². The molecule has 3 N–H and O–H groups in total. The highest BCUT2D eigenvalue weighted by molar-refractivity contribution is 8.45. The number of alkyl halides is 3. The fraction of sp³-hybridized carbons (Fsp3) is 0.438. The smallest absolute Gasteiger partial charge is 0.430 e. The van der Waals surface area contributed by atoms with E-state index in [0.29, 0.717) is 6.08 Å². The van der Waals surface area contributed by atoms with Crippen LogP contribution in [0.25, 0.3) is 6.08 Å². The molecule has 1 saturated heterocycles. The van der Waals surface area contributed by atoms with Gasteiger partial charge in [0.05, 0.1) is 11.7 Å². The molecule has 0 radical (unpaired) electrons. The second-order valence-electron chi connectivity index (χ2n) is 7.30. The van der Waals surface area contributed by atoms with E-state index in [1.807, 2.05) is 5.59 Å². The van der Waals surface area contributed by atoms with Crippen LogP contribution in [-0.4, -0.2) is 64.3 Å². The van der Waals surface area contributed by atoms with Gasteiger partial charge < -0.3 is 14.6 Å². The zero-order chi connectivity index (χ0) is 25.8. The molecular weight excluding hydrogens is 514 g/mol. The molecule has 0 aromatic heterocycles. The molecule has 2 heterocycles. The van der Waals surface area contributed by atoms with Crippen molar-refractivity contribution in [3.05, 3.63) is 29.3 Å². The van der Waals surface area contributed by atoms with Gasteiger partial charge in [0.25, 0.3) is 0 Å². The zero-order valence-electron chi connectivity index (χ0n) is 16.8. The Balaban J connectivity index is 1.80. The Labute approximate surface area is 185 Å². The van der Waals surface area contributed by atoms with Crippen molar-refractivity contribution in [2.24, 2.45) is 0 Å². The third kappa shape index (κ3) is 6.06. The quantitative estimate of drug-likeness (QED) is 0.211.